The van der Waals surface area contributed by atoms with Gasteiger partial charge in [0.2, 0.25) is 5.91 Å². The third-order valence-electron chi connectivity index (χ3n) is 8.09. The van der Waals surface area contributed by atoms with E-state index in [2.05, 4.69) is 41.0 Å². The minimum atomic E-state index is -4.42. The number of rotatable bonds is 4. The number of benzene rings is 1. The third kappa shape index (κ3) is 5.05. The number of hydrogen-bond acceptors (Lipinski definition) is 6. The number of halogens is 3. The van der Waals surface area contributed by atoms with Gasteiger partial charge in [-0.3, -0.25) is 4.79 Å². The van der Waals surface area contributed by atoms with E-state index in [0.29, 0.717) is 43.9 Å². The Balaban J connectivity index is 1.35. The molecule has 10 heteroatoms. The number of carbonyl (C=O) groups excluding carboxylic acids is 1. The lowest BCUT2D eigenvalue weighted by molar-refractivity contribution is -0.137. The van der Waals surface area contributed by atoms with E-state index in [0.717, 1.165) is 36.4 Å². The molecule has 0 saturated carbocycles. The van der Waals surface area contributed by atoms with Gasteiger partial charge in [0.1, 0.15) is 12.1 Å². The third-order valence-corrected chi connectivity index (χ3v) is 8.09. The van der Waals surface area contributed by atoms with Crippen LogP contribution < -0.4 is 10.2 Å². The summed E-state index contributed by atoms with van der Waals surface area (Å²) in [7, 11) is 0. The Morgan fingerprint density at radius 1 is 1.14 bits per heavy atom. The van der Waals surface area contributed by atoms with Crippen LogP contribution in [0.3, 0.4) is 0 Å². The van der Waals surface area contributed by atoms with Crippen LogP contribution in [0.15, 0.2) is 30.6 Å². The number of nitrogens with one attached hydrogen (secondary N) is 1. The lowest BCUT2D eigenvalue weighted by atomic mass is 9.88. The molecule has 2 aliphatic heterocycles. The lowest BCUT2D eigenvalue weighted by Crippen LogP contribution is -2.53. The van der Waals surface area contributed by atoms with Crippen molar-refractivity contribution < 1.29 is 23.1 Å². The zero-order chi connectivity index (χ0) is 26.5. The van der Waals surface area contributed by atoms with Crippen molar-refractivity contribution in [1.29, 1.82) is 0 Å². The number of piperazine rings is 1. The largest absolute Gasteiger partial charge is 0.416 e. The van der Waals surface area contributed by atoms with Crippen molar-refractivity contribution in [2.24, 2.45) is 0 Å². The molecule has 2 fully saturated rings. The van der Waals surface area contributed by atoms with E-state index in [4.69, 9.17) is 0 Å². The van der Waals surface area contributed by atoms with Crippen LogP contribution in [0.5, 0.6) is 0 Å². The summed E-state index contributed by atoms with van der Waals surface area (Å²) in [6.07, 6.45) is -1.23. The van der Waals surface area contributed by atoms with Crippen LogP contribution in [0.2, 0.25) is 0 Å². The summed E-state index contributed by atoms with van der Waals surface area (Å²) in [6, 6.07) is 4.89. The van der Waals surface area contributed by atoms with E-state index in [1.165, 1.54) is 18.5 Å². The molecule has 5 rings (SSSR count). The second-order valence-electron chi connectivity index (χ2n) is 11.2. The van der Waals surface area contributed by atoms with E-state index < -0.39 is 23.8 Å². The fourth-order valence-electron chi connectivity index (χ4n) is 6.13. The van der Waals surface area contributed by atoms with Gasteiger partial charge in [0.25, 0.3) is 0 Å². The number of aromatic nitrogens is 2. The lowest BCUT2D eigenvalue weighted by Gasteiger charge is -2.39. The average molecular weight is 518 g/mol. The molecule has 4 atom stereocenters. The number of nitrogens with zero attached hydrogens (tertiary/aromatic N) is 4. The number of fused-ring (bicyclic) bond motifs is 1. The van der Waals surface area contributed by atoms with Crippen molar-refractivity contribution in [2.45, 2.75) is 75.7 Å². The van der Waals surface area contributed by atoms with Crippen molar-refractivity contribution in [1.82, 2.24) is 20.2 Å². The van der Waals surface area contributed by atoms with Gasteiger partial charge in [-0.05, 0) is 56.7 Å². The molecule has 2 N–H and O–H groups in total. The van der Waals surface area contributed by atoms with Crippen LogP contribution in [-0.2, 0) is 11.0 Å². The van der Waals surface area contributed by atoms with Gasteiger partial charge in [-0.25, -0.2) is 9.97 Å². The highest BCUT2D eigenvalue weighted by Gasteiger charge is 2.42. The normalized spacial score (nSPS) is 26.3. The first kappa shape index (κ1) is 25.9. The molecule has 0 unspecified atom stereocenters. The van der Waals surface area contributed by atoms with Crippen molar-refractivity contribution >= 4 is 11.7 Å². The van der Waals surface area contributed by atoms with Gasteiger partial charge in [-0.2, -0.15) is 13.2 Å². The van der Waals surface area contributed by atoms with Gasteiger partial charge >= 0.3 is 6.18 Å². The van der Waals surface area contributed by atoms with Crippen molar-refractivity contribution in [3.63, 3.8) is 0 Å². The molecule has 0 radical (unpaired) electrons. The number of hydrogen-bond donors (Lipinski definition) is 2. The fourth-order valence-corrected chi connectivity index (χ4v) is 6.13. The fraction of sp³-hybridized carbons (Fsp3) is 0.593. The molecule has 3 aliphatic rings. The highest BCUT2D eigenvalue weighted by atomic mass is 19.4. The maximum atomic E-state index is 13.9. The van der Waals surface area contributed by atoms with E-state index in [9.17, 15) is 23.1 Å². The molecular weight excluding hydrogens is 483 g/mol. The minimum absolute atomic E-state index is 0.0636. The summed E-state index contributed by atoms with van der Waals surface area (Å²) in [5.74, 6) is 0.349. The van der Waals surface area contributed by atoms with Crippen LogP contribution in [-0.4, -0.2) is 63.6 Å². The summed E-state index contributed by atoms with van der Waals surface area (Å²) in [4.78, 5) is 26.7. The van der Waals surface area contributed by atoms with Gasteiger partial charge in [0, 0.05) is 43.3 Å². The predicted octanol–water partition coefficient (Wildman–Crippen LogP) is 4.00. The molecule has 1 aromatic heterocycles. The number of aliphatic hydroxyl groups excluding tert-OH is 1. The molecule has 2 aromatic rings. The Morgan fingerprint density at radius 2 is 1.81 bits per heavy atom. The summed E-state index contributed by atoms with van der Waals surface area (Å²) in [5.41, 5.74) is 1.42. The Kier molecular flexibility index (Phi) is 6.68. The number of alkyl halides is 3. The van der Waals surface area contributed by atoms with E-state index >= 15 is 0 Å². The van der Waals surface area contributed by atoms with Gasteiger partial charge in [0.05, 0.1) is 23.3 Å². The second-order valence-corrected chi connectivity index (χ2v) is 11.2. The highest BCUT2D eigenvalue weighted by molar-refractivity contribution is 5.85. The second kappa shape index (κ2) is 9.54. The van der Waals surface area contributed by atoms with Crippen LogP contribution in [0.4, 0.5) is 19.0 Å². The number of anilines is 1. The first-order valence-electron chi connectivity index (χ1n) is 13.0. The highest BCUT2D eigenvalue weighted by Crippen LogP contribution is 2.43. The van der Waals surface area contributed by atoms with Crippen molar-refractivity contribution in [2.75, 3.05) is 31.1 Å². The quantitative estimate of drug-likeness (QED) is 0.638. The van der Waals surface area contributed by atoms with E-state index in [-0.39, 0.29) is 23.4 Å². The summed E-state index contributed by atoms with van der Waals surface area (Å²) < 4.78 is 39.5. The first-order chi connectivity index (χ1) is 17.4. The molecule has 7 nitrogen and oxygen atoms in total. The number of aliphatic hydroxyl groups is 1. The molecule has 1 aliphatic carbocycles. The SMILES string of the molecule is C[C@@H]1C[C@@H](O)c2ncnc(N3CCN(C(=O)[C@@H](c4ccc(C(F)(F)F)cc4)[C@@H]4CCC(C)(C)N4)CC3)c21. The van der Waals surface area contributed by atoms with Gasteiger partial charge in [-0.15, -0.1) is 0 Å². The summed E-state index contributed by atoms with van der Waals surface area (Å²) in [5, 5.41) is 13.9. The molecule has 37 heavy (non-hydrogen) atoms. The molecule has 0 bridgehead atoms. The minimum Gasteiger partial charge on any atom is -0.387 e. The molecule has 2 saturated heterocycles. The van der Waals surface area contributed by atoms with E-state index in [1.807, 2.05) is 4.90 Å². The van der Waals surface area contributed by atoms with E-state index in [1.54, 1.807) is 0 Å². The molecule has 200 valence electrons. The van der Waals surface area contributed by atoms with Crippen LogP contribution in [0, 0.1) is 0 Å². The molecule has 0 spiro atoms. The Morgan fingerprint density at radius 3 is 2.41 bits per heavy atom. The van der Waals surface area contributed by atoms with Crippen LogP contribution >= 0.6 is 0 Å². The average Bonchev–Trinajstić information content (AvgIpc) is 3.36. The summed E-state index contributed by atoms with van der Waals surface area (Å²) in [6.45, 7) is 8.37. The van der Waals surface area contributed by atoms with Crippen LogP contribution in [0.25, 0.3) is 0 Å². The number of amides is 1. The zero-order valence-corrected chi connectivity index (χ0v) is 21.4. The maximum Gasteiger partial charge on any atom is 0.416 e. The standard InChI is InChI=1S/C27H34F3N5O2/c1-16-14-20(36)23-21(16)24(32-15-31-23)34-10-12-35(13-11-34)25(37)22(19-8-9-26(2,3)33-19)17-4-6-18(7-5-17)27(28,29)30/h4-7,15-16,19-20,22,33,36H,8-14H2,1-3H3/t16-,19+,20-,22+/m1/s1. The first-order valence-corrected chi connectivity index (χ1v) is 13.0. The van der Waals surface area contributed by atoms with Gasteiger partial charge in [0.15, 0.2) is 0 Å². The molecule has 3 heterocycles. The predicted molar refractivity (Wildman–Crippen MR) is 133 cm³/mol. The monoisotopic (exact) mass is 517 g/mol. The Bertz CT molecular complexity index is 1150. The smallest absolute Gasteiger partial charge is 0.387 e. The van der Waals surface area contributed by atoms with Gasteiger partial charge in [-0.1, -0.05) is 19.1 Å². The molecular formula is C27H34F3N5O2. The van der Waals surface area contributed by atoms with Gasteiger partial charge < -0.3 is 20.2 Å². The van der Waals surface area contributed by atoms with Crippen molar-refractivity contribution in [3.8, 4) is 0 Å². The van der Waals surface area contributed by atoms with Crippen LogP contribution in [0.1, 0.15) is 80.4 Å². The molecule has 1 amide bonds. The Labute approximate surface area is 215 Å². The topological polar surface area (TPSA) is 81.6 Å². The zero-order valence-electron chi connectivity index (χ0n) is 21.4. The Hall–Kier alpha value is -2.72. The van der Waals surface area contributed by atoms with Crippen molar-refractivity contribution in [3.05, 3.63) is 53.0 Å². The number of carbonyl (C=O) groups is 1. The molecule has 1 aromatic carbocycles. The summed E-state index contributed by atoms with van der Waals surface area (Å²) >= 11 is 0. The maximum absolute atomic E-state index is 13.9.